The molecule has 30 heavy (non-hydrogen) atoms. The van der Waals surface area contributed by atoms with Gasteiger partial charge in [0.05, 0.1) is 32.7 Å². The average Bonchev–Trinajstić information content (AvgIpc) is 3.22. The molecule has 0 saturated carbocycles. The largest absolute Gasteiger partial charge is 0.493 e. The lowest BCUT2D eigenvalue weighted by Crippen LogP contribution is -2.15. The highest BCUT2D eigenvalue weighted by atomic mass is 16.5. The van der Waals surface area contributed by atoms with Crippen LogP contribution >= 0.6 is 0 Å². The highest BCUT2D eigenvalue weighted by Gasteiger charge is 2.21. The van der Waals surface area contributed by atoms with Gasteiger partial charge >= 0.3 is 0 Å². The lowest BCUT2D eigenvalue weighted by atomic mass is 10.1. The predicted molar refractivity (Wildman–Crippen MR) is 117 cm³/mol. The number of fused-ring (bicyclic) bond motifs is 1. The lowest BCUT2D eigenvalue weighted by Gasteiger charge is -2.16. The van der Waals surface area contributed by atoms with E-state index in [9.17, 15) is 4.79 Å². The first-order chi connectivity index (χ1) is 14.6. The van der Waals surface area contributed by atoms with E-state index in [-0.39, 0.29) is 12.1 Å². The first kappa shape index (κ1) is 19.4. The van der Waals surface area contributed by atoms with Gasteiger partial charge in [-0.2, -0.15) is 0 Å². The van der Waals surface area contributed by atoms with Crippen LogP contribution in [-0.4, -0.2) is 27.2 Å². The number of benzene rings is 3. The van der Waals surface area contributed by atoms with E-state index in [1.54, 1.807) is 12.1 Å². The van der Waals surface area contributed by atoms with Gasteiger partial charge in [-0.3, -0.25) is 4.79 Å². The van der Waals surface area contributed by atoms with Crippen LogP contribution in [0.25, 0.3) is 0 Å². The van der Waals surface area contributed by atoms with E-state index in [4.69, 9.17) is 14.2 Å². The smallest absolute Gasteiger partial charge is 0.255 e. The molecular formula is C23H23N3O4. The maximum Gasteiger partial charge on any atom is 0.255 e. The van der Waals surface area contributed by atoms with E-state index in [2.05, 4.69) is 16.0 Å². The number of carbonyl (C=O) groups excluding carboxylic acids is 1. The molecule has 0 fully saturated rings. The minimum absolute atomic E-state index is 0.0690. The second-order valence-electron chi connectivity index (χ2n) is 6.76. The third-order valence-corrected chi connectivity index (χ3v) is 4.93. The Hall–Kier alpha value is -3.87. The van der Waals surface area contributed by atoms with Crippen LogP contribution in [0.5, 0.6) is 17.2 Å². The zero-order valence-corrected chi connectivity index (χ0v) is 17.0. The molecule has 0 bridgehead atoms. The number of hydrogen-bond acceptors (Lipinski definition) is 6. The Kier molecular flexibility index (Phi) is 5.34. The fourth-order valence-corrected chi connectivity index (χ4v) is 3.46. The lowest BCUT2D eigenvalue weighted by molar-refractivity contribution is 0.102. The summed E-state index contributed by atoms with van der Waals surface area (Å²) in [5.74, 6) is 1.01. The van der Waals surface area contributed by atoms with Gasteiger partial charge in [0.2, 0.25) is 5.75 Å². The van der Waals surface area contributed by atoms with Crippen molar-refractivity contribution in [1.29, 1.82) is 0 Å². The maximum absolute atomic E-state index is 12.9. The molecule has 1 aliphatic rings. The van der Waals surface area contributed by atoms with Crippen LogP contribution in [0.3, 0.4) is 0 Å². The summed E-state index contributed by atoms with van der Waals surface area (Å²) in [7, 11) is 4.55. The zero-order valence-electron chi connectivity index (χ0n) is 17.0. The normalized spacial score (nSPS) is 12.4. The molecule has 7 nitrogen and oxygen atoms in total. The zero-order chi connectivity index (χ0) is 21.1. The van der Waals surface area contributed by atoms with Crippen LogP contribution < -0.4 is 30.2 Å². The highest BCUT2D eigenvalue weighted by molar-refractivity contribution is 6.05. The van der Waals surface area contributed by atoms with Crippen molar-refractivity contribution in [3.63, 3.8) is 0 Å². The van der Waals surface area contributed by atoms with Crippen LogP contribution in [0.4, 0.5) is 17.1 Å². The molecule has 0 radical (unpaired) electrons. The van der Waals surface area contributed by atoms with E-state index in [1.165, 1.54) is 21.3 Å². The summed E-state index contributed by atoms with van der Waals surface area (Å²) >= 11 is 0. The highest BCUT2D eigenvalue weighted by Crippen LogP contribution is 2.38. The van der Waals surface area contributed by atoms with Crippen molar-refractivity contribution in [2.45, 2.75) is 6.17 Å². The maximum atomic E-state index is 12.9. The summed E-state index contributed by atoms with van der Waals surface area (Å²) in [6, 6.07) is 19.0. The Bertz CT molecular complexity index is 1030. The summed E-state index contributed by atoms with van der Waals surface area (Å²) in [5.41, 5.74) is 4.20. The van der Waals surface area contributed by atoms with Crippen molar-refractivity contribution in [2.75, 3.05) is 37.3 Å². The fourth-order valence-electron chi connectivity index (χ4n) is 3.46. The monoisotopic (exact) mass is 405 g/mol. The summed E-state index contributed by atoms with van der Waals surface area (Å²) in [4.78, 5) is 12.9. The Morgan fingerprint density at radius 2 is 1.47 bits per heavy atom. The fraction of sp³-hybridized carbons (Fsp3) is 0.174. The number of rotatable bonds is 6. The van der Waals surface area contributed by atoms with E-state index >= 15 is 0 Å². The van der Waals surface area contributed by atoms with Gasteiger partial charge in [0.15, 0.2) is 11.5 Å². The van der Waals surface area contributed by atoms with Gasteiger partial charge in [0.1, 0.15) is 6.17 Å². The van der Waals surface area contributed by atoms with Gasteiger partial charge in [-0.1, -0.05) is 24.3 Å². The summed E-state index contributed by atoms with van der Waals surface area (Å²) < 4.78 is 16.0. The SMILES string of the molecule is COc1cc(C(=O)Nc2cccc(C3Nc4ccccc4N3)c2)cc(OC)c1OC. The molecule has 0 atom stereocenters. The molecule has 0 aliphatic carbocycles. The number of carbonyl (C=O) groups is 1. The Morgan fingerprint density at radius 3 is 2.03 bits per heavy atom. The first-order valence-corrected chi connectivity index (χ1v) is 9.46. The average molecular weight is 405 g/mol. The molecule has 1 amide bonds. The molecule has 0 aromatic heterocycles. The molecular weight excluding hydrogens is 382 g/mol. The van der Waals surface area contributed by atoms with Crippen LogP contribution in [-0.2, 0) is 0 Å². The van der Waals surface area contributed by atoms with Crippen molar-refractivity contribution >= 4 is 23.0 Å². The summed E-state index contributed by atoms with van der Waals surface area (Å²) in [6.07, 6.45) is -0.0690. The Labute approximate surface area is 175 Å². The molecule has 4 rings (SSSR count). The van der Waals surface area contributed by atoms with Crippen molar-refractivity contribution in [3.05, 3.63) is 71.8 Å². The summed E-state index contributed by atoms with van der Waals surface area (Å²) in [5, 5.41) is 9.81. The van der Waals surface area contributed by atoms with Crippen LogP contribution in [0, 0.1) is 0 Å². The second-order valence-corrected chi connectivity index (χ2v) is 6.76. The van der Waals surface area contributed by atoms with Gasteiger partial charge in [-0.15, -0.1) is 0 Å². The number of para-hydroxylation sites is 2. The third kappa shape index (κ3) is 3.69. The van der Waals surface area contributed by atoms with Crippen molar-refractivity contribution in [1.82, 2.24) is 0 Å². The van der Waals surface area contributed by atoms with Gasteiger partial charge in [-0.25, -0.2) is 0 Å². The standard InChI is InChI=1S/C23H23N3O4/c1-28-19-12-15(13-20(29-2)21(19)30-3)23(27)24-16-8-6-7-14(11-16)22-25-17-9-4-5-10-18(17)26-22/h4-13,22,25-26H,1-3H3,(H,24,27). The first-order valence-electron chi connectivity index (χ1n) is 9.46. The number of nitrogens with one attached hydrogen (secondary N) is 3. The Morgan fingerprint density at radius 1 is 0.833 bits per heavy atom. The minimum Gasteiger partial charge on any atom is -0.493 e. The predicted octanol–water partition coefficient (Wildman–Crippen LogP) is 4.50. The van der Waals surface area contributed by atoms with E-state index < -0.39 is 0 Å². The van der Waals surface area contributed by atoms with Gasteiger partial charge in [-0.05, 0) is 42.0 Å². The third-order valence-electron chi connectivity index (χ3n) is 4.93. The molecule has 3 N–H and O–H groups in total. The van der Waals surface area contributed by atoms with E-state index in [0.717, 1.165) is 16.9 Å². The van der Waals surface area contributed by atoms with Gasteiger partial charge in [0, 0.05) is 11.3 Å². The van der Waals surface area contributed by atoms with Gasteiger partial charge < -0.3 is 30.2 Å². The molecule has 1 heterocycles. The van der Waals surface area contributed by atoms with E-state index in [0.29, 0.717) is 28.5 Å². The van der Waals surface area contributed by atoms with Crippen molar-refractivity contribution in [3.8, 4) is 17.2 Å². The molecule has 3 aromatic rings. The van der Waals surface area contributed by atoms with E-state index in [1.807, 2.05) is 48.5 Å². The number of anilines is 3. The number of hydrogen-bond donors (Lipinski definition) is 3. The summed E-state index contributed by atoms with van der Waals surface area (Å²) in [6.45, 7) is 0. The van der Waals surface area contributed by atoms with Crippen LogP contribution in [0.2, 0.25) is 0 Å². The number of ether oxygens (including phenoxy) is 3. The molecule has 1 aliphatic heterocycles. The van der Waals surface area contributed by atoms with Gasteiger partial charge in [0.25, 0.3) is 5.91 Å². The topological polar surface area (TPSA) is 80.9 Å². The van der Waals surface area contributed by atoms with Crippen LogP contribution in [0.1, 0.15) is 22.1 Å². The molecule has 7 heteroatoms. The molecule has 0 unspecified atom stereocenters. The van der Waals surface area contributed by atoms with Crippen LogP contribution in [0.15, 0.2) is 60.7 Å². The van der Waals surface area contributed by atoms with Crippen molar-refractivity contribution < 1.29 is 19.0 Å². The minimum atomic E-state index is -0.276. The molecule has 154 valence electrons. The molecule has 0 spiro atoms. The quantitative estimate of drug-likeness (QED) is 0.560. The number of methoxy groups -OCH3 is 3. The molecule has 0 saturated heterocycles. The molecule has 3 aromatic carbocycles. The number of amides is 1. The second kappa shape index (κ2) is 8.24. The van der Waals surface area contributed by atoms with Crippen molar-refractivity contribution in [2.24, 2.45) is 0 Å². The Balaban J connectivity index is 1.54.